The molecule has 0 aromatic heterocycles. The monoisotopic (exact) mass is 171 g/mol. The highest BCUT2D eigenvalue weighted by molar-refractivity contribution is 5.78. The molecule has 1 heterocycles. The fraction of sp³-hybridized carbons (Fsp3) is 0.889. The molecule has 3 nitrogen and oxygen atoms in total. The van der Waals surface area contributed by atoms with Crippen molar-refractivity contribution in [3.8, 4) is 0 Å². The van der Waals surface area contributed by atoms with Crippen molar-refractivity contribution in [2.45, 2.75) is 32.7 Å². The second-order valence-corrected chi connectivity index (χ2v) is 3.66. The highest BCUT2D eigenvalue weighted by Crippen LogP contribution is 2.18. The van der Waals surface area contributed by atoms with E-state index >= 15 is 0 Å². The van der Waals surface area contributed by atoms with Gasteiger partial charge in [0.15, 0.2) is 0 Å². The van der Waals surface area contributed by atoms with Crippen molar-refractivity contribution in [1.29, 1.82) is 0 Å². The fourth-order valence-electron chi connectivity index (χ4n) is 1.65. The molecule has 1 amide bonds. The van der Waals surface area contributed by atoms with Crippen LogP contribution in [0, 0.1) is 5.92 Å². The van der Waals surface area contributed by atoms with E-state index in [0.717, 1.165) is 19.4 Å². The lowest BCUT2D eigenvalue weighted by atomic mass is 10.1. The molecule has 70 valence electrons. The minimum Gasteiger partial charge on any atom is -0.394 e. The molecule has 1 atom stereocenters. The fourth-order valence-corrected chi connectivity index (χ4v) is 1.65. The molecule has 1 unspecified atom stereocenters. The Hall–Kier alpha value is -0.570. The molecule has 3 heteroatoms. The van der Waals surface area contributed by atoms with Crippen LogP contribution in [-0.4, -0.2) is 35.1 Å². The number of aliphatic hydroxyl groups excluding tert-OH is 1. The van der Waals surface area contributed by atoms with Crippen molar-refractivity contribution in [3.63, 3.8) is 0 Å². The van der Waals surface area contributed by atoms with Crippen LogP contribution >= 0.6 is 0 Å². The first kappa shape index (κ1) is 9.52. The predicted octanol–water partition coefficient (Wildman–Crippen LogP) is 0.626. The third-order valence-corrected chi connectivity index (χ3v) is 2.36. The van der Waals surface area contributed by atoms with E-state index in [-0.39, 0.29) is 24.5 Å². The summed E-state index contributed by atoms with van der Waals surface area (Å²) in [5, 5.41) is 8.97. The maximum absolute atomic E-state index is 11.5. The van der Waals surface area contributed by atoms with Gasteiger partial charge in [0.05, 0.1) is 12.6 Å². The third-order valence-electron chi connectivity index (χ3n) is 2.36. The summed E-state index contributed by atoms with van der Waals surface area (Å²) in [5.41, 5.74) is 0. The highest BCUT2D eigenvalue weighted by atomic mass is 16.3. The number of hydrogen-bond donors (Lipinski definition) is 1. The Balaban J connectivity index is 2.55. The Morgan fingerprint density at radius 2 is 2.33 bits per heavy atom. The molecule has 1 saturated heterocycles. The molecule has 0 bridgehead atoms. The topological polar surface area (TPSA) is 40.5 Å². The molecule has 0 aromatic rings. The number of aliphatic hydroxyl groups is 1. The Kier molecular flexibility index (Phi) is 3.09. The second-order valence-electron chi connectivity index (χ2n) is 3.66. The molecule has 1 N–H and O–H groups in total. The number of carbonyl (C=O) groups excluding carboxylic acids is 1. The SMILES string of the molecule is CC(C)C(=O)N1CCCC1CO. The summed E-state index contributed by atoms with van der Waals surface area (Å²) in [6.07, 6.45) is 1.98. The lowest BCUT2D eigenvalue weighted by molar-refractivity contribution is -0.135. The van der Waals surface area contributed by atoms with Crippen LogP contribution in [0.5, 0.6) is 0 Å². The molecule has 12 heavy (non-hydrogen) atoms. The number of likely N-dealkylation sites (tertiary alicyclic amines) is 1. The van der Waals surface area contributed by atoms with Gasteiger partial charge in [-0.2, -0.15) is 0 Å². The average Bonchev–Trinajstić information content (AvgIpc) is 2.49. The van der Waals surface area contributed by atoms with Gasteiger partial charge in [-0.05, 0) is 12.8 Å². The van der Waals surface area contributed by atoms with Crippen LogP contribution in [0.25, 0.3) is 0 Å². The van der Waals surface area contributed by atoms with Crippen LogP contribution in [-0.2, 0) is 4.79 Å². The van der Waals surface area contributed by atoms with Gasteiger partial charge in [0.25, 0.3) is 0 Å². The lowest BCUT2D eigenvalue weighted by Crippen LogP contribution is -2.39. The zero-order chi connectivity index (χ0) is 9.14. The summed E-state index contributed by atoms with van der Waals surface area (Å²) < 4.78 is 0. The first-order chi connectivity index (χ1) is 5.66. The zero-order valence-electron chi connectivity index (χ0n) is 7.79. The Morgan fingerprint density at radius 3 is 2.83 bits per heavy atom. The Bertz CT molecular complexity index is 168. The molecule has 1 aliphatic heterocycles. The summed E-state index contributed by atoms with van der Waals surface area (Å²) in [5.74, 6) is 0.226. The van der Waals surface area contributed by atoms with E-state index in [9.17, 15) is 4.79 Å². The second kappa shape index (κ2) is 3.90. The van der Waals surface area contributed by atoms with Crippen molar-refractivity contribution in [1.82, 2.24) is 4.90 Å². The van der Waals surface area contributed by atoms with Crippen LogP contribution in [0.2, 0.25) is 0 Å². The van der Waals surface area contributed by atoms with Crippen molar-refractivity contribution in [3.05, 3.63) is 0 Å². The van der Waals surface area contributed by atoms with Crippen LogP contribution < -0.4 is 0 Å². The molecule has 0 aliphatic carbocycles. The van der Waals surface area contributed by atoms with Crippen LogP contribution in [0.1, 0.15) is 26.7 Å². The van der Waals surface area contributed by atoms with E-state index in [2.05, 4.69) is 0 Å². The molecule has 0 radical (unpaired) electrons. The zero-order valence-corrected chi connectivity index (χ0v) is 7.79. The Labute approximate surface area is 73.4 Å². The van der Waals surface area contributed by atoms with E-state index in [0.29, 0.717) is 0 Å². The summed E-state index contributed by atoms with van der Waals surface area (Å²) in [6.45, 7) is 4.73. The Morgan fingerprint density at radius 1 is 1.67 bits per heavy atom. The van der Waals surface area contributed by atoms with Gasteiger partial charge >= 0.3 is 0 Å². The molecular formula is C9H17NO2. The highest BCUT2D eigenvalue weighted by Gasteiger charge is 2.28. The predicted molar refractivity (Wildman–Crippen MR) is 46.7 cm³/mol. The smallest absolute Gasteiger partial charge is 0.225 e. The van der Waals surface area contributed by atoms with Crippen LogP contribution in [0.3, 0.4) is 0 Å². The maximum atomic E-state index is 11.5. The van der Waals surface area contributed by atoms with E-state index in [4.69, 9.17) is 5.11 Å². The normalized spacial score (nSPS) is 23.7. The van der Waals surface area contributed by atoms with Gasteiger partial charge < -0.3 is 10.0 Å². The van der Waals surface area contributed by atoms with Crippen molar-refractivity contribution in [2.75, 3.05) is 13.2 Å². The van der Waals surface area contributed by atoms with Gasteiger partial charge in [-0.3, -0.25) is 4.79 Å². The number of carbonyl (C=O) groups is 1. The van der Waals surface area contributed by atoms with Gasteiger partial charge in [0.2, 0.25) is 5.91 Å². The third kappa shape index (κ3) is 1.78. The summed E-state index contributed by atoms with van der Waals surface area (Å²) in [4.78, 5) is 13.3. The number of hydrogen-bond acceptors (Lipinski definition) is 2. The van der Waals surface area contributed by atoms with Gasteiger partial charge in [-0.1, -0.05) is 13.8 Å². The molecular weight excluding hydrogens is 154 g/mol. The average molecular weight is 171 g/mol. The van der Waals surface area contributed by atoms with E-state index in [1.807, 2.05) is 18.7 Å². The van der Waals surface area contributed by atoms with Crippen molar-refractivity contribution in [2.24, 2.45) is 5.92 Å². The van der Waals surface area contributed by atoms with E-state index in [1.165, 1.54) is 0 Å². The largest absolute Gasteiger partial charge is 0.394 e. The van der Waals surface area contributed by atoms with Crippen molar-refractivity contribution >= 4 is 5.91 Å². The standard InChI is InChI=1S/C9H17NO2/c1-7(2)9(12)10-5-3-4-8(10)6-11/h7-8,11H,3-6H2,1-2H3. The molecule has 1 aliphatic rings. The summed E-state index contributed by atoms with van der Waals surface area (Å²) in [7, 11) is 0. The minimum atomic E-state index is 0.0529. The lowest BCUT2D eigenvalue weighted by Gasteiger charge is -2.24. The molecule has 0 saturated carbocycles. The molecule has 1 fully saturated rings. The van der Waals surface area contributed by atoms with E-state index < -0.39 is 0 Å². The van der Waals surface area contributed by atoms with E-state index in [1.54, 1.807) is 0 Å². The molecule has 0 aromatic carbocycles. The first-order valence-electron chi connectivity index (χ1n) is 4.58. The molecule has 1 rings (SSSR count). The van der Waals surface area contributed by atoms with Crippen molar-refractivity contribution < 1.29 is 9.90 Å². The van der Waals surface area contributed by atoms with Gasteiger partial charge in [0.1, 0.15) is 0 Å². The van der Waals surface area contributed by atoms with Crippen LogP contribution in [0.15, 0.2) is 0 Å². The maximum Gasteiger partial charge on any atom is 0.225 e. The summed E-state index contributed by atoms with van der Waals surface area (Å²) in [6, 6.07) is 0.0832. The van der Waals surface area contributed by atoms with Crippen LogP contribution in [0.4, 0.5) is 0 Å². The summed E-state index contributed by atoms with van der Waals surface area (Å²) >= 11 is 0. The van der Waals surface area contributed by atoms with Gasteiger partial charge in [-0.25, -0.2) is 0 Å². The number of amides is 1. The molecule has 0 spiro atoms. The van der Waals surface area contributed by atoms with Gasteiger partial charge in [0, 0.05) is 12.5 Å². The van der Waals surface area contributed by atoms with Gasteiger partial charge in [-0.15, -0.1) is 0 Å². The number of rotatable bonds is 2. The number of nitrogens with zero attached hydrogens (tertiary/aromatic N) is 1. The minimum absolute atomic E-state index is 0.0529. The first-order valence-corrected chi connectivity index (χ1v) is 4.58. The quantitative estimate of drug-likeness (QED) is 0.662.